The molecule has 9 atom stereocenters. The molecule has 3 aliphatic heterocycles. The van der Waals surface area contributed by atoms with Gasteiger partial charge in [-0.15, -0.1) is 0 Å². The summed E-state index contributed by atoms with van der Waals surface area (Å²) in [6.07, 6.45) is 2.26. The van der Waals surface area contributed by atoms with Crippen LogP contribution in [0.5, 0.6) is 5.75 Å². The Morgan fingerprint density at radius 1 is 1.23 bits per heavy atom. The molecule has 15 heteroatoms. The van der Waals surface area contributed by atoms with Crippen LogP contribution in [0.3, 0.4) is 0 Å². The Labute approximate surface area is 316 Å². The van der Waals surface area contributed by atoms with Crippen LogP contribution in [-0.2, 0) is 28.6 Å². The van der Waals surface area contributed by atoms with Gasteiger partial charge in [-0.05, 0) is 51.1 Å². The Morgan fingerprint density at radius 3 is 2.52 bits per heavy atom. The van der Waals surface area contributed by atoms with Crippen molar-refractivity contribution in [2.45, 2.75) is 102 Å². The number of allylic oxidation sites excluding steroid dienone is 3. The van der Waals surface area contributed by atoms with Crippen molar-refractivity contribution in [1.29, 1.82) is 0 Å². The lowest BCUT2D eigenvalue weighted by atomic mass is 9.74. The summed E-state index contributed by atoms with van der Waals surface area (Å²) in [7, 11) is 4.48. The van der Waals surface area contributed by atoms with E-state index in [0.717, 1.165) is 11.1 Å². The van der Waals surface area contributed by atoms with E-state index in [1.54, 1.807) is 38.1 Å². The second-order valence-corrected chi connectivity index (χ2v) is 15.4. The predicted molar refractivity (Wildman–Crippen MR) is 199 cm³/mol. The maximum absolute atomic E-state index is 14.5. The summed E-state index contributed by atoms with van der Waals surface area (Å²) in [5, 5.41) is 24.9. The number of hydrogen-bond donors (Lipinski definition) is 4. The van der Waals surface area contributed by atoms with Crippen LogP contribution in [-0.4, -0.2) is 108 Å². The van der Waals surface area contributed by atoms with Gasteiger partial charge in [-0.25, -0.2) is 9.59 Å². The molecule has 0 aromatic heterocycles. The van der Waals surface area contributed by atoms with Crippen molar-refractivity contribution in [3.63, 3.8) is 0 Å². The number of epoxide rings is 1. The molecule has 1 aromatic rings. The number of aliphatic hydroxyl groups is 2. The number of anilines is 1. The number of ether oxygens (including phenoxy) is 4. The van der Waals surface area contributed by atoms with Gasteiger partial charge in [-0.1, -0.05) is 49.2 Å². The summed E-state index contributed by atoms with van der Waals surface area (Å²) in [5.41, 5.74) is -2.22. The third-order valence-electron chi connectivity index (χ3n) is 11.0. The maximum Gasteiger partial charge on any atom is 0.409 e. The Balaban J connectivity index is 1.84. The number of carbonyl (C=O) groups excluding carboxylic acids is 4. The SMILES string of the molecule is COc1cc2cc(c1Cl)N(C)C(=O)C(OC(=O)[C@H](C)N(C)C(=O)CCS)CC1(C)O[C@H]1[C@H](C)[C@]1(C)C[C@@](O)(NC(=O)O1)C(CO)/C=C/C=C(\C)C2C. The third kappa shape index (κ3) is 8.41. The van der Waals surface area contributed by atoms with Crippen molar-refractivity contribution in [3.05, 3.63) is 46.5 Å². The van der Waals surface area contributed by atoms with Crippen molar-refractivity contribution >= 4 is 53.8 Å². The lowest BCUT2D eigenvalue weighted by Crippen LogP contribution is -2.65. The van der Waals surface area contributed by atoms with Crippen molar-refractivity contribution in [2.24, 2.45) is 11.8 Å². The van der Waals surface area contributed by atoms with Crippen molar-refractivity contribution in [1.82, 2.24) is 10.2 Å². The maximum atomic E-state index is 14.5. The lowest BCUT2D eigenvalue weighted by Gasteiger charge is -2.48. The number of fused-ring (bicyclic) bond motifs is 5. The number of nitrogens with one attached hydrogen (secondary N) is 1. The molecule has 4 unspecified atom stereocenters. The molecule has 3 aliphatic rings. The smallest absolute Gasteiger partial charge is 0.409 e. The summed E-state index contributed by atoms with van der Waals surface area (Å²) in [5.74, 6) is -2.74. The number of amides is 3. The summed E-state index contributed by atoms with van der Waals surface area (Å²) >= 11 is 10.9. The van der Waals surface area contributed by atoms with Crippen LogP contribution >= 0.6 is 24.2 Å². The zero-order chi connectivity index (χ0) is 38.9. The zero-order valence-corrected chi connectivity index (χ0v) is 32.9. The Kier molecular flexibility index (Phi) is 12.7. The van der Waals surface area contributed by atoms with Gasteiger partial charge in [0.15, 0.2) is 11.8 Å². The second kappa shape index (κ2) is 16.0. The fourth-order valence-electron chi connectivity index (χ4n) is 7.01. The summed E-state index contributed by atoms with van der Waals surface area (Å²) in [4.78, 5) is 56.2. The van der Waals surface area contributed by atoms with E-state index in [9.17, 15) is 29.4 Å². The number of halogens is 1. The highest BCUT2D eigenvalue weighted by Gasteiger charge is 2.64. The van der Waals surface area contributed by atoms with E-state index in [-0.39, 0.29) is 36.1 Å². The van der Waals surface area contributed by atoms with Crippen LogP contribution in [0.1, 0.15) is 72.3 Å². The van der Waals surface area contributed by atoms with E-state index in [0.29, 0.717) is 17.2 Å². The van der Waals surface area contributed by atoms with Gasteiger partial charge < -0.3 is 39.0 Å². The van der Waals surface area contributed by atoms with Crippen LogP contribution in [0.2, 0.25) is 5.02 Å². The normalized spacial score (nSPS) is 34.4. The fraction of sp³-hybridized carbons (Fsp3) is 0.622. The number of carbonyl (C=O) groups is 4. The lowest BCUT2D eigenvalue weighted by molar-refractivity contribution is -0.162. The number of rotatable bonds is 7. The van der Waals surface area contributed by atoms with Gasteiger partial charge in [-0.2, -0.15) is 12.6 Å². The van der Waals surface area contributed by atoms with E-state index >= 15 is 0 Å². The first-order valence-electron chi connectivity index (χ1n) is 17.3. The molecule has 0 aliphatic carbocycles. The first kappa shape index (κ1) is 41.5. The van der Waals surface area contributed by atoms with Crippen LogP contribution in [0.25, 0.3) is 0 Å². The van der Waals surface area contributed by atoms with Gasteiger partial charge in [0, 0.05) is 51.1 Å². The van der Waals surface area contributed by atoms with E-state index in [4.69, 9.17) is 30.5 Å². The fourth-order valence-corrected chi connectivity index (χ4v) is 7.52. The number of aliphatic hydroxyl groups excluding tert-OH is 1. The Morgan fingerprint density at radius 2 is 1.90 bits per heavy atom. The number of thiol groups is 1. The predicted octanol–water partition coefficient (Wildman–Crippen LogP) is 4.38. The standard InChI is InChI=1S/C37H52ClN3O10S/c1-20-11-10-12-25(18-42)37(47)19-36(6,51-34(46)39-37)22(3)31-35(5,50-31)17-28(49-33(45)23(4)40(7)29(43)13-14-52)32(44)41(8)26-15-24(21(20)2)16-27(48-9)30(26)38/h10-12,15-16,21-23,25,28,31,42,47,52H,13-14,17-19H2,1-9H3,(H,39,46)/b12-10+,20-11+/t21?,22-,23-,25?,28?,31-,35?,36-,37-/m0/s1. The molecule has 3 N–H and O–H groups in total. The molecule has 1 aromatic carbocycles. The quantitative estimate of drug-likeness (QED) is 0.178. The number of nitrogens with zero attached hydrogens (tertiary/aromatic N) is 2. The minimum absolute atomic E-state index is 0.0914. The zero-order valence-electron chi connectivity index (χ0n) is 31.3. The highest BCUT2D eigenvalue weighted by molar-refractivity contribution is 7.80. The minimum atomic E-state index is -1.87. The highest BCUT2D eigenvalue weighted by Crippen LogP contribution is 2.51. The number of alkyl carbamates (subject to hydrolysis) is 1. The molecule has 0 saturated carbocycles. The first-order valence-corrected chi connectivity index (χ1v) is 18.4. The van der Waals surface area contributed by atoms with E-state index < -0.39 is 71.6 Å². The number of methoxy groups -OCH3 is 1. The molecule has 0 spiro atoms. The summed E-state index contributed by atoms with van der Waals surface area (Å²) < 4.78 is 23.6. The summed E-state index contributed by atoms with van der Waals surface area (Å²) in [6.45, 7) is 10.2. The van der Waals surface area contributed by atoms with Crippen LogP contribution in [0.4, 0.5) is 10.5 Å². The topological polar surface area (TPSA) is 167 Å². The van der Waals surface area contributed by atoms with E-state index in [1.165, 1.54) is 37.9 Å². The number of hydrogen-bond acceptors (Lipinski definition) is 11. The molecule has 4 rings (SSSR count). The number of esters is 1. The number of benzene rings is 1. The van der Waals surface area contributed by atoms with Crippen molar-refractivity contribution in [3.8, 4) is 5.75 Å². The first-order chi connectivity index (χ1) is 24.2. The molecular weight excluding hydrogens is 714 g/mol. The molecular formula is C37H52ClN3O10S. The second-order valence-electron chi connectivity index (χ2n) is 14.6. The average molecular weight is 766 g/mol. The highest BCUT2D eigenvalue weighted by atomic mass is 35.5. The molecule has 288 valence electrons. The Bertz CT molecular complexity index is 1620. The molecule has 52 heavy (non-hydrogen) atoms. The van der Waals surface area contributed by atoms with Gasteiger partial charge in [0.25, 0.3) is 5.91 Å². The van der Waals surface area contributed by atoms with Gasteiger partial charge in [0.05, 0.1) is 31.1 Å². The summed E-state index contributed by atoms with van der Waals surface area (Å²) in [6, 6.07) is 2.52. The van der Waals surface area contributed by atoms with Gasteiger partial charge >= 0.3 is 12.1 Å². The van der Waals surface area contributed by atoms with Gasteiger partial charge in [-0.3, -0.25) is 14.9 Å². The molecule has 3 heterocycles. The van der Waals surface area contributed by atoms with E-state index in [2.05, 4.69) is 17.9 Å². The van der Waals surface area contributed by atoms with Crippen LogP contribution in [0, 0.1) is 11.8 Å². The minimum Gasteiger partial charge on any atom is -0.495 e. The van der Waals surface area contributed by atoms with Gasteiger partial charge in [0.2, 0.25) is 5.91 Å². The Hall–Kier alpha value is -3.30. The molecule has 4 bridgehead atoms. The third-order valence-corrected chi connectivity index (χ3v) is 11.6. The molecule has 0 radical (unpaired) electrons. The van der Waals surface area contributed by atoms with Crippen molar-refractivity contribution in [2.75, 3.05) is 38.5 Å². The molecule has 2 fully saturated rings. The monoisotopic (exact) mass is 765 g/mol. The van der Waals surface area contributed by atoms with Crippen LogP contribution in [0.15, 0.2) is 35.9 Å². The molecule has 2 saturated heterocycles. The average Bonchev–Trinajstić information content (AvgIpc) is 3.76. The number of likely N-dealkylation sites (N-methyl/N-ethyl adjacent to an activating group) is 2. The molecule has 13 nitrogen and oxygen atoms in total. The van der Waals surface area contributed by atoms with Gasteiger partial charge in [0.1, 0.15) is 22.4 Å². The van der Waals surface area contributed by atoms with Crippen molar-refractivity contribution < 1.29 is 48.3 Å². The van der Waals surface area contributed by atoms with E-state index in [1.807, 2.05) is 26.8 Å². The molecule has 3 amide bonds. The van der Waals surface area contributed by atoms with Crippen LogP contribution < -0.4 is 15.0 Å². The largest absolute Gasteiger partial charge is 0.495 e.